The van der Waals surface area contributed by atoms with Gasteiger partial charge in [0.2, 0.25) is 0 Å². The summed E-state index contributed by atoms with van der Waals surface area (Å²) in [4.78, 5) is 0. The molecular weight excluding hydrogens is 222 g/mol. The second-order valence-corrected chi connectivity index (χ2v) is 3.06. The zero-order valence-electron chi connectivity index (χ0n) is 8.13. The Labute approximate surface area is 93.1 Å². The van der Waals surface area contributed by atoms with Gasteiger partial charge in [0.1, 0.15) is 11.6 Å². The standard InChI is InChI=1S/C10H10F2N2.ClH/c1-6-2-3-7(11)9(10(6)12)8(14)4-5-13;/h2-3,8H,4,14H2,1H3;1H/t8-;/m0./s1. The van der Waals surface area contributed by atoms with Gasteiger partial charge in [0.15, 0.2) is 0 Å². The fourth-order valence-corrected chi connectivity index (χ4v) is 1.22. The Kier molecular flexibility index (Phi) is 5.20. The Morgan fingerprint density at radius 2 is 2.07 bits per heavy atom. The number of aryl methyl sites for hydroxylation is 1. The number of nitrogens with two attached hydrogens (primary N) is 1. The zero-order chi connectivity index (χ0) is 10.7. The minimum absolute atomic E-state index is 0. The van der Waals surface area contributed by atoms with Crippen molar-refractivity contribution in [1.82, 2.24) is 0 Å². The first-order chi connectivity index (χ1) is 6.57. The van der Waals surface area contributed by atoms with Gasteiger partial charge >= 0.3 is 0 Å². The van der Waals surface area contributed by atoms with E-state index in [1.807, 2.05) is 0 Å². The quantitative estimate of drug-likeness (QED) is 0.852. The summed E-state index contributed by atoms with van der Waals surface area (Å²) in [5, 5.41) is 8.37. The SMILES string of the molecule is Cc1ccc(F)c([C@@H](N)CC#N)c1F.Cl. The lowest BCUT2D eigenvalue weighted by Gasteiger charge is -2.11. The fraction of sp³-hybridized carbons (Fsp3) is 0.300. The molecule has 1 aromatic rings. The molecule has 1 atom stereocenters. The van der Waals surface area contributed by atoms with Crippen LogP contribution in [0.4, 0.5) is 8.78 Å². The van der Waals surface area contributed by atoms with Crippen molar-refractivity contribution in [2.24, 2.45) is 5.73 Å². The van der Waals surface area contributed by atoms with Crippen molar-refractivity contribution in [3.8, 4) is 6.07 Å². The summed E-state index contributed by atoms with van der Waals surface area (Å²) >= 11 is 0. The summed E-state index contributed by atoms with van der Waals surface area (Å²) in [6.07, 6.45) is -0.0999. The molecule has 0 heterocycles. The van der Waals surface area contributed by atoms with E-state index in [1.165, 1.54) is 13.0 Å². The molecule has 0 amide bonds. The van der Waals surface area contributed by atoms with Crippen LogP contribution in [0.5, 0.6) is 0 Å². The highest BCUT2D eigenvalue weighted by Gasteiger charge is 2.17. The third kappa shape index (κ3) is 2.88. The van der Waals surface area contributed by atoms with Crippen LogP contribution in [0.15, 0.2) is 12.1 Å². The molecule has 1 aromatic carbocycles. The van der Waals surface area contributed by atoms with Crippen molar-refractivity contribution >= 4 is 12.4 Å². The van der Waals surface area contributed by atoms with Crippen LogP contribution in [0.2, 0.25) is 0 Å². The molecule has 5 heteroatoms. The summed E-state index contributed by atoms with van der Waals surface area (Å²) < 4.78 is 26.6. The molecule has 0 saturated heterocycles. The normalized spacial score (nSPS) is 11.4. The highest BCUT2D eigenvalue weighted by molar-refractivity contribution is 5.85. The highest BCUT2D eigenvalue weighted by Crippen LogP contribution is 2.23. The van der Waals surface area contributed by atoms with Gasteiger partial charge in [-0.25, -0.2) is 8.78 Å². The van der Waals surface area contributed by atoms with Crippen LogP contribution in [0.1, 0.15) is 23.6 Å². The molecule has 0 aliphatic heterocycles. The molecule has 1 rings (SSSR count). The molecule has 2 nitrogen and oxygen atoms in total. The average molecular weight is 233 g/mol. The number of rotatable bonds is 2. The first-order valence-corrected chi connectivity index (χ1v) is 4.15. The van der Waals surface area contributed by atoms with E-state index in [4.69, 9.17) is 11.0 Å². The molecule has 0 aliphatic carbocycles. The first kappa shape index (κ1) is 13.8. The topological polar surface area (TPSA) is 49.8 Å². The monoisotopic (exact) mass is 232 g/mol. The third-order valence-electron chi connectivity index (χ3n) is 2.00. The van der Waals surface area contributed by atoms with E-state index < -0.39 is 17.7 Å². The number of halogens is 3. The Balaban J connectivity index is 0.00000196. The molecule has 82 valence electrons. The number of hydrogen-bond acceptors (Lipinski definition) is 2. The maximum atomic E-state index is 13.4. The zero-order valence-corrected chi connectivity index (χ0v) is 8.94. The predicted molar refractivity (Wildman–Crippen MR) is 55.5 cm³/mol. The van der Waals surface area contributed by atoms with E-state index in [-0.39, 0.29) is 24.4 Å². The van der Waals surface area contributed by atoms with Gasteiger partial charge in [-0.05, 0) is 18.6 Å². The Morgan fingerprint density at radius 3 is 2.60 bits per heavy atom. The summed E-state index contributed by atoms with van der Waals surface area (Å²) in [6.45, 7) is 1.53. The van der Waals surface area contributed by atoms with E-state index in [2.05, 4.69) is 0 Å². The fourth-order valence-electron chi connectivity index (χ4n) is 1.22. The molecule has 0 radical (unpaired) electrons. The molecular formula is C10H11ClF2N2. The summed E-state index contributed by atoms with van der Waals surface area (Å²) in [5.74, 6) is -1.36. The first-order valence-electron chi connectivity index (χ1n) is 4.15. The van der Waals surface area contributed by atoms with Gasteiger partial charge in [0, 0.05) is 11.6 Å². The van der Waals surface area contributed by atoms with E-state index in [0.29, 0.717) is 5.56 Å². The van der Waals surface area contributed by atoms with Gasteiger partial charge in [-0.15, -0.1) is 12.4 Å². The lowest BCUT2D eigenvalue weighted by Crippen LogP contribution is -2.14. The summed E-state index contributed by atoms with van der Waals surface area (Å²) in [7, 11) is 0. The summed E-state index contributed by atoms with van der Waals surface area (Å²) in [5.41, 5.74) is 5.60. The lowest BCUT2D eigenvalue weighted by molar-refractivity contribution is 0.523. The molecule has 0 saturated carbocycles. The molecule has 0 spiro atoms. The number of benzene rings is 1. The largest absolute Gasteiger partial charge is 0.323 e. The maximum absolute atomic E-state index is 13.4. The van der Waals surface area contributed by atoms with Crippen LogP contribution < -0.4 is 5.73 Å². The Morgan fingerprint density at radius 1 is 1.47 bits per heavy atom. The molecule has 0 fully saturated rings. The van der Waals surface area contributed by atoms with E-state index in [9.17, 15) is 8.78 Å². The van der Waals surface area contributed by atoms with Crippen LogP contribution in [0.25, 0.3) is 0 Å². The molecule has 2 N–H and O–H groups in total. The van der Waals surface area contributed by atoms with Gasteiger partial charge < -0.3 is 5.73 Å². The molecule has 0 aromatic heterocycles. The van der Waals surface area contributed by atoms with Crippen LogP contribution in [-0.2, 0) is 0 Å². The van der Waals surface area contributed by atoms with Crippen molar-refractivity contribution in [1.29, 1.82) is 5.26 Å². The van der Waals surface area contributed by atoms with Gasteiger partial charge in [-0.3, -0.25) is 0 Å². The van der Waals surface area contributed by atoms with Crippen molar-refractivity contribution in [2.45, 2.75) is 19.4 Å². The average Bonchev–Trinajstić information content (AvgIpc) is 2.13. The van der Waals surface area contributed by atoms with E-state index in [1.54, 1.807) is 6.07 Å². The van der Waals surface area contributed by atoms with Crippen molar-refractivity contribution in [2.75, 3.05) is 0 Å². The summed E-state index contributed by atoms with van der Waals surface area (Å²) in [6, 6.07) is 3.38. The maximum Gasteiger partial charge on any atom is 0.133 e. The van der Waals surface area contributed by atoms with Crippen LogP contribution in [-0.4, -0.2) is 0 Å². The van der Waals surface area contributed by atoms with Crippen LogP contribution in [0.3, 0.4) is 0 Å². The van der Waals surface area contributed by atoms with Gasteiger partial charge in [-0.1, -0.05) is 6.07 Å². The van der Waals surface area contributed by atoms with Crippen LogP contribution in [0, 0.1) is 29.9 Å². The van der Waals surface area contributed by atoms with Crippen molar-refractivity contribution in [3.05, 3.63) is 34.9 Å². The second-order valence-electron chi connectivity index (χ2n) is 3.06. The molecule has 15 heavy (non-hydrogen) atoms. The van der Waals surface area contributed by atoms with Crippen LogP contribution >= 0.6 is 12.4 Å². The molecule has 0 unspecified atom stereocenters. The molecule has 0 bridgehead atoms. The Hall–Kier alpha value is -1.18. The molecule has 0 aliphatic rings. The number of nitriles is 1. The third-order valence-corrected chi connectivity index (χ3v) is 2.00. The van der Waals surface area contributed by atoms with E-state index >= 15 is 0 Å². The predicted octanol–water partition coefficient (Wildman–Crippen LogP) is 2.61. The van der Waals surface area contributed by atoms with Gasteiger partial charge in [-0.2, -0.15) is 5.26 Å². The minimum Gasteiger partial charge on any atom is -0.323 e. The van der Waals surface area contributed by atoms with E-state index in [0.717, 1.165) is 6.07 Å². The van der Waals surface area contributed by atoms with Crippen molar-refractivity contribution in [3.63, 3.8) is 0 Å². The number of nitrogens with zero attached hydrogens (tertiary/aromatic N) is 1. The number of hydrogen-bond donors (Lipinski definition) is 1. The van der Waals surface area contributed by atoms with Gasteiger partial charge in [0.05, 0.1) is 12.5 Å². The Bertz CT molecular complexity index is 388. The highest BCUT2D eigenvalue weighted by atomic mass is 35.5. The minimum atomic E-state index is -0.903. The van der Waals surface area contributed by atoms with Crippen molar-refractivity contribution < 1.29 is 8.78 Å². The van der Waals surface area contributed by atoms with Gasteiger partial charge in [0.25, 0.3) is 0 Å². The smallest absolute Gasteiger partial charge is 0.133 e. The second kappa shape index (κ2) is 5.64. The lowest BCUT2D eigenvalue weighted by atomic mass is 10.0.